The molecular weight excluding hydrogens is 318 g/mol. The molecule has 0 aromatic heterocycles. The number of β-amino-alcohol motifs (C(OH)–C–C–N with tert-alkyl or cyclic N) is 1. The fourth-order valence-electron chi connectivity index (χ4n) is 2.99. The first kappa shape index (κ1) is 19.7. The van der Waals surface area contributed by atoms with Gasteiger partial charge in [-0.25, -0.2) is 0 Å². The highest BCUT2D eigenvalue weighted by molar-refractivity contribution is 5.77. The summed E-state index contributed by atoms with van der Waals surface area (Å²) in [5, 5.41) is 16.1. The van der Waals surface area contributed by atoms with Crippen molar-refractivity contribution in [2.24, 2.45) is 0 Å². The first-order valence-electron chi connectivity index (χ1n) is 9.27. The van der Waals surface area contributed by atoms with Gasteiger partial charge in [-0.2, -0.15) is 0 Å². The Morgan fingerprint density at radius 3 is 2.64 bits per heavy atom. The maximum absolute atomic E-state index is 11.4. The minimum absolute atomic E-state index is 0.0358. The molecule has 6 nitrogen and oxygen atoms in total. The number of hydrogen-bond acceptors (Lipinski definition) is 5. The Hall–Kier alpha value is -1.63. The van der Waals surface area contributed by atoms with E-state index in [1.165, 1.54) is 19.3 Å². The molecule has 0 aliphatic carbocycles. The molecule has 25 heavy (non-hydrogen) atoms. The lowest BCUT2D eigenvalue weighted by molar-refractivity contribution is -0.122. The van der Waals surface area contributed by atoms with Crippen molar-refractivity contribution in [1.29, 1.82) is 0 Å². The third kappa shape index (κ3) is 7.86. The Morgan fingerprint density at radius 1 is 1.24 bits per heavy atom. The third-order valence-electron chi connectivity index (χ3n) is 4.29. The highest BCUT2D eigenvalue weighted by Crippen LogP contribution is 2.12. The number of rotatable bonds is 10. The minimum atomic E-state index is -0.335. The van der Waals surface area contributed by atoms with Gasteiger partial charge in [0, 0.05) is 26.2 Å². The number of ether oxygens (including phenoxy) is 1. The molecule has 0 radical (unpaired) electrons. The van der Waals surface area contributed by atoms with Crippen LogP contribution in [0.3, 0.4) is 0 Å². The number of aliphatic hydroxyl groups is 1. The van der Waals surface area contributed by atoms with Crippen molar-refractivity contribution in [3.8, 4) is 5.75 Å². The number of carbonyl (C=O) groups excluding carboxylic acids is 1. The molecule has 1 aliphatic rings. The quantitative estimate of drug-likeness (QED) is 0.591. The molecule has 3 N–H and O–H groups in total. The number of piperidine rings is 1. The van der Waals surface area contributed by atoms with Gasteiger partial charge in [0.1, 0.15) is 5.75 Å². The van der Waals surface area contributed by atoms with Crippen molar-refractivity contribution in [3.05, 3.63) is 29.8 Å². The van der Waals surface area contributed by atoms with Crippen molar-refractivity contribution in [3.63, 3.8) is 0 Å². The lowest BCUT2D eigenvalue weighted by Gasteiger charge is -2.28. The van der Waals surface area contributed by atoms with Gasteiger partial charge in [0.2, 0.25) is 0 Å². The standard InChI is InChI=1S/C19H31N3O3/c1-2-21-19(24)15-25-18-8-6-16(7-9-18)12-20-13-17(23)14-22-10-4-3-5-11-22/h6-9,17,20,23H,2-5,10-15H2,1H3,(H,21,24)/t17-/m1/s1. The van der Waals surface area contributed by atoms with Gasteiger partial charge in [-0.1, -0.05) is 18.6 Å². The largest absolute Gasteiger partial charge is 0.484 e. The molecule has 1 atom stereocenters. The zero-order valence-corrected chi connectivity index (χ0v) is 15.2. The molecule has 1 saturated heterocycles. The number of nitrogens with zero attached hydrogens (tertiary/aromatic N) is 1. The summed E-state index contributed by atoms with van der Waals surface area (Å²) in [5.74, 6) is 0.566. The molecule has 1 aromatic carbocycles. The fraction of sp³-hybridized carbons (Fsp3) is 0.632. The second-order valence-corrected chi connectivity index (χ2v) is 6.53. The van der Waals surface area contributed by atoms with Gasteiger partial charge in [-0.3, -0.25) is 4.79 Å². The predicted molar refractivity (Wildman–Crippen MR) is 98.6 cm³/mol. The van der Waals surface area contributed by atoms with Crippen LogP contribution in [0.25, 0.3) is 0 Å². The zero-order chi connectivity index (χ0) is 17.9. The fourth-order valence-corrected chi connectivity index (χ4v) is 2.99. The van der Waals surface area contributed by atoms with Crippen LogP contribution in [0.4, 0.5) is 0 Å². The summed E-state index contributed by atoms with van der Waals surface area (Å²) in [6.07, 6.45) is 3.47. The van der Waals surface area contributed by atoms with E-state index < -0.39 is 0 Å². The summed E-state index contributed by atoms with van der Waals surface area (Å²) < 4.78 is 5.42. The van der Waals surface area contributed by atoms with E-state index >= 15 is 0 Å². The van der Waals surface area contributed by atoms with Crippen LogP contribution in [0, 0.1) is 0 Å². The highest BCUT2D eigenvalue weighted by atomic mass is 16.5. The van der Waals surface area contributed by atoms with Crippen molar-refractivity contribution in [1.82, 2.24) is 15.5 Å². The molecule has 140 valence electrons. The monoisotopic (exact) mass is 349 g/mol. The first-order valence-corrected chi connectivity index (χ1v) is 9.27. The minimum Gasteiger partial charge on any atom is -0.484 e. The molecule has 6 heteroatoms. The van der Waals surface area contributed by atoms with Crippen LogP contribution in [0.15, 0.2) is 24.3 Å². The van der Waals surface area contributed by atoms with E-state index in [-0.39, 0.29) is 18.6 Å². The Morgan fingerprint density at radius 2 is 1.96 bits per heavy atom. The van der Waals surface area contributed by atoms with E-state index in [2.05, 4.69) is 15.5 Å². The van der Waals surface area contributed by atoms with Gasteiger partial charge in [0.15, 0.2) is 6.61 Å². The molecule has 1 aliphatic heterocycles. The summed E-state index contributed by atoms with van der Waals surface area (Å²) in [5.41, 5.74) is 1.12. The number of amides is 1. The van der Waals surface area contributed by atoms with Crippen molar-refractivity contribution in [2.75, 3.05) is 39.3 Å². The zero-order valence-electron chi connectivity index (χ0n) is 15.2. The lowest BCUT2D eigenvalue weighted by atomic mass is 10.1. The first-order chi connectivity index (χ1) is 12.2. The Kier molecular flexibility index (Phi) is 8.72. The van der Waals surface area contributed by atoms with Crippen LogP contribution < -0.4 is 15.4 Å². The lowest BCUT2D eigenvalue weighted by Crippen LogP contribution is -2.40. The Labute approximate surface area is 150 Å². The van der Waals surface area contributed by atoms with Gasteiger partial charge in [0.25, 0.3) is 5.91 Å². The molecule has 0 saturated carbocycles. The SMILES string of the molecule is CCNC(=O)COc1ccc(CNC[C@@H](O)CN2CCCCC2)cc1. The number of nitrogens with one attached hydrogen (secondary N) is 2. The van der Waals surface area contributed by atoms with Crippen molar-refractivity contribution >= 4 is 5.91 Å². The third-order valence-corrected chi connectivity index (χ3v) is 4.29. The normalized spacial score (nSPS) is 16.4. The predicted octanol–water partition coefficient (Wildman–Crippen LogP) is 1.14. The van der Waals surface area contributed by atoms with Crippen LogP contribution in [0.5, 0.6) is 5.75 Å². The van der Waals surface area contributed by atoms with Crippen LogP contribution in [0.2, 0.25) is 0 Å². The summed E-state index contributed by atoms with van der Waals surface area (Å²) in [6, 6.07) is 7.66. The van der Waals surface area contributed by atoms with Gasteiger partial charge < -0.3 is 25.4 Å². The van der Waals surface area contributed by atoms with Gasteiger partial charge in [0.05, 0.1) is 6.10 Å². The average Bonchev–Trinajstić information content (AvgIpc) is 2.62. The molecule has 1 heterocycles. The molecule has 0 unspecified atom stereocenters. The highest BCUT2D eigenvalue weighted by Gasteiger charge is 2.14. The van der Waals surface area contributed by atoms with Gasteiger partial charge >= 0.3 is 0 Å². The van der Waals surface area contributed by atoms with Crippen LogP contribution >= 0.6 is 0 Å². The summed E-state index contributed by atoms with van der Waals surface area (Å²) in [7, 11) is 0. The number of benzene rings is 1. The molecule has 0 spiro atoms. The van der Waals surface area contributed by atoms with Crippen LogP contribution in [0.1, 0.15) is 31.7 Å². The number of carbonyl (C=O) groups is 1. The summed E-state index contributed by atoms with van der Waals surface area (Å²) >= 11 is 0. The number of likely N-dealkylation sites (tertiary alicyclic amines) is 1. The second kappa shape index (κ2) is 11.1. The summed E-state index contributed by atoms with van der Waals surface area (Å²) in [6.45, 7) is 6.77. The Bertz CT molecular complexity index is 501. The smallest absolute Gasteiger partial charge is 0.257 e. The van der Waals surface area contributed by atoms with E-state index in [1.807, 2.05) is 31.2 Å². The van der Waals surface area contributed by atoms with E-state index in [0.29, 0.717) is 25.4 Å². The van der Waals surface area contributed by atoms with Gasteiger partial charge in [-0.15, -0.1) is 0 Å². The van der Waals surface area contributed by atoms with Crippen LogP contribution in [-0.4, -0.2) is 61.3 Å². The van der Waals surface area contributed by atoms with E-state index in [4.69, 9.17) is 4.74 Å². The van der Waals surface area contributed by atoms with E-state index in [0.717, 1.165) is 25.2 Å². The second-order valence-electron chi connectivity index (χ2n) is 6.53. The van der Waals surface area contributed by atoms with Crippen molar-refractivity contribution < 1.29 is 14.6 Å². The number of likely N-dealkylation sites (N-methyl/N-ethyl adjacent to an activating group) is 1. The van der Waals surface area contributed by atoms with Crippen LogP contribution in [-0.2, 0) is 11.3 Å². The molecule has 1 fully saturated rings. The Balaban J connectivity index is 1.62. The molecular formula is C19H31N3O3. The topological polar surface area (TPSA) is 73.8 Å². The van der Waals surface area contributed by atoms with E-state index in [1.54, 1.807) is 0 Å². The maximum atomic E-state index is 11.4. The maximum Gasteiger partial charge on any atom is 0.257 e. The average molecular weight is 349 g/mol. The number of hydrogen-bond donors (Lipinski definition) is 3. The summed E-state index contributed by atoms with van der Waals surface area (Å²) in [4.78, 5) is 13.7. The number of aliphatic hydroxyl groups excluding tert-OH is 1. The van der Waals surface area contributed by atoms with Gasteiger partial charge in [-0.05, 0) is 50.6 Å². The molecule has 0 bridgehead atoms. The molecule has 1 amide bonds. The van der Waals surface area contributed by atoms with Crippen molar-refractivity contribution in [2.45, 2.75) is 38.8 Å². The molecule has 2 rings (SSSR count). The van der Waals surface area contributed by atoms with E-state index in [9.17, 15) is 9.90 Å². The molecule has 1 aromatic rings.